The summed E-state index contributed by atoms with van der Waals surface area (Å²) in [4.78, 5) is 7.11. The topological polar surface area (TPSA) is 20.5 Å². The van der Waals surface area contributed by atoms with Crippen LogP contribution in [0.4, 0.5) is 0 Å². The molecule has 2 unspecified atom stereocenters. The summed E-state index contributed by atoms with van der Waals surface area (Å²) in [6.07, 6.45) is 5.39. The maximum atomic E-state index is 6.08. The van der Waals surface area contributed by atoms with Crippen molar-refractivity contribution in [3.05, 3.63) is 36.3 Å². The van der Waals surface area contributed by atoms with Gasteiger partial charge in [0.25, 0.3) is 0 Å². The average molecular weight is 264 g/mol. The van der Waals surface area contributed by atoms with E-state index in [0.717, 1.165) is 24.4 Å². The van der Waals surface area contributed by atoms with Crippen LogP contribution in [-0.4, -0.2) is 32.8 Å². The molecule has 0 N–H and O–H groups in total. The zero-order valence-corrected chi connectivity index (χ0v) is 11.3. The third-order valence-corrected chi connectivity index (χ3v) is 4.25. The minimum Gasteiger partial charge on any atom is -0.307 e. The maximum Gasteiger partial charge on any atom is 0.137 e. The summed E-state index contributed by atoms with van der Waals surface area (Å²) in [7, 11) is 0. The molecule has 0 radical (unpaired) electrons. The van der Waals surface area contributed by atoms with Crippen molar-refractivity contribution in [1.29, 1.82) is 0 Å². The highest BCUT2D eigenvalue weighted by Gasteiger charge is 2.30. The van der Waals surface area contributed by atoms with Gasteiger partial charge in [0.2, 0.25) is 0 Å². The van der Waals surface area contributed by atoms with Crippen LogP contribution in [0.2, 0.25) is 0 Å². The highest BCUT2D eigenvalue weighted by molar-refractivity contribution is 6.18. The van der Waals surface area contributed by atoms with Crippen LogP contribution in [-0.2, 0) is 6.54 Å². The summed E-state index contributed by atoms with van der Waals surface area (Å²) >= 11 is 6.08. The molecule has 1 fully saturated rings. The first-order valence-corrected chi connectivity index (χ1v) is 7.04. The molecular weight excluding hydrogens is 246 g/mol. The zero-order chi connectivity index (χ0) is 12.5. The van der Waals surface area contributed by atoms with Crippen molar-refractivity contribution in [2.45, 2.75) is 25.9 Å². The molecule has 96 valence electrons. The molecule has 3 rings (SSSR count). The summed E-state index contributed by atoms with van der Waals surface area (Å²) in [6.45, 7) is 4.33. The molecule has 0 aromatic carbocycles. The number of hydrogen-bond donors (Lipinski definition) is 0. The quantitative estimate of drug-likeness (QED) is 0.794. The van der Waals surface area contributed by atoms with Crippen LogP contribution in [0.5, 0.6) is 0 Å². The Kier molecular flexibility index (Phi) is 3.27. The minimum atomic E-state index is 0.497. The van der Waals surface area contributed by atoms with E-state index in [1.807, 2.05) is 24.4 Å². The molecule has 3 nitrogen and oxygen atoms in total. The van der Waals surface area contributed by atoms with Crippen molar-refractivity contribution in [3.63, 3.8) is 0 Å². The number of fused-ring (bicyclic) bond motifs is 1. The van der Waals surface area contributed by atoms with E-state index in [2.05, 4.69) is 27.4 Å². The summed E-state index contributed by atoms with van der Waals surface area (Å²) in [5.74, 6) is 1.41. The number of imidazole rings is 1. The number of alkyl halides is 1. The Bertz CT molecular complexity index is 504. The van der Waals surface area contributed by atoms with Crippen molar-refractivity contribution in [2.75, 3.05) is 12.4 Å². The highest BCUT2D eigenvalue weighted by atomic mass is 35.5. The second kappa shape index (κ2) is 4.90. The van der Waals surface area contributed by atoms with E-state index < -0.39 is 0 Å². The molecule has 0 bridgehead atoms. The lowest BCUT2D eigenvalue weighted by Gasteiger charge is -2.23. The van der Waals surface area contributed by atoms with Gasteiger partial charge in [0.1, 0.15) is 5.65 Å². The van der Waals surface area contributed by atoms with Gasteiger partial charge in [-0.3, -0.25) is 4.90 Å². The van der Waals surface area contributed by atoms with Gasteiger partial charge in [0, 0.05) is 30.9 Å². The normalized spacial score (nSPS) is 25.0. The van der Waals surface area contributed by atoms with Gasteiger partial charge < -0.3 is 4.40 Å². The fourth-order valence-electron chi connectivity index (χ4n) is 2.80. The molecule has 0 amide bonds. The summed E-state index contributed by atoms with van der Waals surface area (Å²) in [5.41, 5.74) is 2.15. The fourth-order valence-corrected chi connectivity index (χ4v) is 3.30. The number of rotatable bonds is 3. The van der Waals surface area contributed by atoms with E-state index in [1.54, 1.807) is 0 Å². The largest absolute Gasteiger partial charge is 0.307 e. The molecule has 4 heteroatoms. The van der Waals surface area contributed by atoms with E-state index in [4.69, 9.17) is 11.6 Å². The summed E-state index contributed by atoms with van der Waals surface area (Å²) in [6, 6.07) is 6.58. The van der Waals surface area contributed by atoms with Gasteiger partial charge in [-0.2, -0.15) is 0 Å². The molecule has 1 aliphatic heterocycles. The molecular formula is C14H18ClN3. The van der Waals surface area contributed by atoms with Crippen LogP contribution in [0.25, 0.3) is 5.65 Å². The molecule has 3 heterocycles. The number of nitrogens with zero attached hydrogens (tertiary/aromatic N) is 3. The molecule has 1 aliphatic rings. The molecule has 2 aromatic heterocycles. The number of hydrogen-bond acceptors (Lipinski definition) is 2. The Morgan fingerprint density at radius 2 is 2.33 bits per heavy atom. The van der Waals surface area contributed by atoms with Gasteiger partial charge in [0.15, 0.2) is 0 Å². The van der Waals surface area contributed by atoms with Crippen molar-refractivity contribution >= 4 is 17.2 Å². The van der Waals surface area contributed by atoms with Crippen LogP contribution < -0.4 is 0 Å². The molecule has 0 spiro atoms. The maximum absolute atomic E-state index is 6.08. The lowest BCUT2D eigenvalue weighted by atomic mass is 10.1. The van der Waals surface area contributed by atoms with Crippen molar-refractivity contribution in [2.24, 2.45) is 5.92 Å². The number of aromatic nitrogens is 2. The Hall–Kier alpha value is -1.06. The predicted octanol–water partition coefficient (Wildman–Crippen LogP) is 2.78. The lowest BCUT2D eigenvalue weighted by molar-refractivity contribution is 0.240. The number of pyridine rings is 1. The molecule has 0 aliphatic carbocycles. The van der Waals surface area contributed by atoms with Gasteiger partial charge in [-0.05, 0) is 31.0 Å². The van der Waals surface area contributed by atoms with Gasteiger partial charge in [-0.1, -0.05) is 13.0 Å². The molecule has 2 atom stereocenters. The highest BCUT2D eigenvalue weighted by Crippen LogP contribution is 2.26. The van der Waals surface area contributed by atoms with E-state index in [0.29, 0.717) is 17.8 Å². The Morgan fingerprint density at radius 3 is 3.11 bits per heavy atom. The first kappa shape index (κ1) is 12.0. The standard InChI is InChI=1S/C14H18ClN3/c1-11-5-7-17(13(11)8-15)9-12-10-18-6-3-2-4-14(18)16-12/h2-4,6,10-11,13H,5,7-9H2,1H3. The van der Waals surface area contributed by atoms with E-state index in [1.165, 1.54) is 6.42 Å². The number of likely N-dealkylation sites (tertiary alicyclic amines) is 1. The monoisotopic (exact) mass is 263 g/mol. The van der Waals surface area contributed by atoms with Crippen LogP contribution in [0.1, 0.15) is 19.0 Å². The van der Waals surface area contributed by atoms with Crippen LogP contribution in [0.15, 0.2) is 30.6 Å². The van der Waals surface area contributed by atoms with E-state index in [9.17, 15) is 0 Å². The third-order valence-electron chi connectivity index (χ3n) is 3.93. The second-order valence-electron chi connectivity index (χ2n) is 5.16. The summed E-state index contributed by atoms with van der Waals surface area (Å²) < 4.78 is 2.07. The zero-order valence-electron chi connectivity index (χ0n) is 10.6. The molecule has 18 heavy (non-hydrogen) atoms. The Labute approximate surface area is 112 Å². The lowest BCUT2D eigenvalue weighted by Crippen LogP contribution is -2.33. The predicted molar refractivity (Wildman–Crippen MR) is 73.9 cm³/mol. The van der Waals surface area contributed by atoms with E-state index in [-0.39, 0.29) is 0 Å². The Morgan fingerprint density at radius 1 is 1.44 bits per heavy atom. The summed E-state index contributed by atoms with van der Waals surface area (Å²) in [5, 5.41) is 0. The first-order valence-electron chi connectivity index (χ1n) is 6.50. The third kappa shape index (κ3) is 2.13. The van der Waals surface area contributed by atoms with Gasteiger partial charge in [-0.15, -0.1) is 11.6 Å². The van der Waals surface area contributed by atoms with Crippen molar-refractivity contribution in [3.8, 4) is 0 Å². The molecule has 1 saturated heterocycles. The minimum absolute atomic E-state index is 0.497. The van der Waals surface area contributed by atoms with Gasteiger partial charge in [0.05, 0.1) is 5.69 Å². The van der Waals surface area contributed by atoms with Crippen LogP contribution >= 0.6 is 11.6 Å². The average Bonchev–Trinajstić information content (AvgIpc) is 2.93. The number of halogens is 1. The van der Waals surface area contributed by atoms with Gasteiger partial charge in [-0.25, -0.2) is 4.98 Å². The molecule has 2 aromatic rings. The molecule has 0 saturated carbocycles. The second-order valence-corrected chi connectivity index (χ2v) is 5.47. The van der Waals surface area contributed by atoms with Crippen molar-refractivity contribution < 1.29 is 0 Å². The van der Waals surface area contributed by atoms with Crippen LogP contribution in [0.3, 0.4) is 0 Å². The SMILES string of the molecule is CC1CCN(Cc2cn3ccccc3n2)C1CCl. The van der Waals surface area contributed by atoms with Crippen molar-refractivity contribution in [1.82, 2.24) is 14.3 Å². The fraction of sp³-hybridized carbons (Fsp3) is 0.500. The smallest absolute Gasteiger partial charge is 0.137 e. The first-order chi connectivity index (χ1) is 8.78. The Balaban J connectivity index is 1.80. The van der Waals surface area contributed by atoms with Crippen LogP contribution in [0, 0.1) is 5.92 Å². The van der Waals surface area contributed by atoms with Gasteiger partial charge >= 0.3 is 0 Å². The van der Waals surface area contributed by atoms with E-state index >= 15 is 0 Å².